The molecular weight excluding hydrogens is 374 g/mol. The zero-order valence-electron chi connectivity index (χ0n) is 15.3. The summed E-state index contributed by atoms with van der Waals surface area (Å²) in [5.74, 6) is -0.359. The Morgan fingerprint density at radius 2 is 1.86 bits per heavy atom. The van der Waals surface area contributed by atoms with E-state index in [4.69, 9.17) is 0 Å². The Bertz CT molecular complexity index is 1220. The van der Waals surface area contributed by atoms with Gasteiger partial charge in [-0.1, -0.05) is 40.7 Å². The van der Waals surface area contributed by atoms with Crippen molar-refractivity contribution in [3.63, 3.8) is 0 Å². The van der Waals surface area contributed by atoms with Crippen LogP contribution in [0.2, 0.25) is 0 Å². The number of aryl methyl sites for hydroxylation is 2. The van der Waals surface area contributed by atoms with E-state index in [1.807, 2.05) is 32.0 Å². The van der Waals surface area contributed by atoms with Gasteiger partial charge in [0.15, 0.2) is 0 Å². The van der Waals surface area contributed by atoms with Crippen molar-refractivity contribution in [2.45, 2.75) is 20.4 Å². The third-order valence-corrected chi connectivity index (χ3v) is 5.07. The summed E-state index contributed by atoms with van der Waals surface area (Å²) in [5.41, 5.74) is 3.59. The number of nitrogens with zero attached hydrogens (tertiary/aromatic N) is 4. The van der Waals surface area contributed by atoms with Crippen LogP contribution in [0, 0.1) is 13.8 Å². The second-order valence-corrected chi connectivity index (χ2v) is 7.51. The standard InChI is InChI=1S/C20H17N5O2S/c1-12-7-13(2)9-14(8-12)18-23-24-20(28-18)22-17(26)10-25-11-21-16-6-4-3-5-15(16)19(25)27/h3-9,11H,10H2,1-2H3,(H,22,24,26). The minimum absolute atomic E-state index is 0.144. The van der Waals surface area contributed by atoms with Crippen molar-refractivity contribution in [2.24, 2.45) is 0 Å². The van der Waals surface area contributed by atoms with Crippen LogP contribution in [-0.2, 0) is 11.3 Å². The Hall–Kier alpha value is -3.39. The molecule has 140 valence electrons. The summed E-state index contributed by atoms with van der Waals surface area (Å²) in [6.07, 6.45) is 1.38. The monoisotopic (exact) mass is 391 g/mol. The van der Waals surface area contributed by atoms with Crippen LogP contribution in [0.4, 0.5) is 5.13 Å². The molecule has 2 aromatic heterocycles. The molecule has 2 heterocycles. The van der Waals surface area contributed by atoms with E-state index in [1.54, 1.807) is 18.2 Å². The molecule has 7 nitrogen and oxygen atoms in total. The molecule has 0 aliphatic carbocycles. The Balaban J connectivity index is 1.51. The zero-order chi connectivity index (χ0) is 19.7. The SMILES string of the molecule is Cc1cc(C)cc(-c2nnc(NC(=O)Cn3cnc4ccccc4c3=O)s2)c1. The molecule has 0 aliphatic rings. The summed E-state index contributed by atoms with van der Waals surface area (Å²) in [7, 11) is 0. The molecular formula is C20H17N5O2S. The maximum Gasteiger partial charge on any atom is 0.261 e. The number of hydrogen-bond donors (Lipinski definition) is 1. The lowest BCUT2D eigenvalue weighted by atomic mass is 10.1. The van der Waals surface area contributed by atoms with Crippen LogP contribution in [0.5, 0.6) is 0 Å². The second-order valence-electron chi connectivity index (χ2n) is 6.53. The van der Waals surface area contributed by atoms with E-state index in [-0.39, 0.29) is 18.0 Å². The number of carbonyl (C=O) groups is 1. The van der Waals surface area contributed by atoms with Gasteiger partial charge in [-0.2, -0.15) is 0 Å². The van der Waals surface area contributed by atoms with Gasteiger partial charge in [0.05, 0.1) is 17.2 Å². The molecule has 0 bridgehead atoms. The third-order valence-electron chi connectivity index (χ3n) is 4.19. The van der Waals surface area contributed by atoms with E-state index in [9.17, 15) is 9.59 Å². The lowest BCUT2D eigenvalue weighted by Gasteiger charge is -2.06. The van der Waals surface area contributed by atoms with Crippen LogP contribution in [0.3, 0.4) is 0 Å². The lowest BCUT2D eigenvalue weighted by molar-refractivity contribution is -0.116. The number of amides is 1. The van der Waals surface area contributed by atoms with Crippen LogP contribution in [0.1, 0.15) is 11.1 Å². The molecule has 0 saturated heterocycles. The van der Waals surface area contributed by atoms with Gasteiger partial charge in [0.1, 0.15) is 11.6 Å². The molecule has 0 atom stereocenters. The first-order chi connectivity index (χ1) is 13.5. The van der Waals surface area contributed by atoms with Crippen LogP contribution in [0.15, 0.2) is 53.6 Å². The minimum atomic E-state index is -0.359. The predicted octanol–water partition coefficient (Wildman–Crippen LogP) is 3.17. The van der Waals surface area contributed by atoms with Gasteiger partial charge in [0, 0.05) is 5.56 Å². The molecule has 0 radical (unpaired) electrons. The van der Waals surface area contributed by atoms with Crippen molar-refractivity contribution >= 4 is 33.3 Å². The van der Waals surface area contributed by atoms with E-state index >= 15 is 0 Å². The lowest BCUT2D eigenvalue weighted by Crippen LogP contribution is -2.27. The van der Waals surface area contributed by atoms with Crippen LogP contribution in [-0.4, -0.2) is 25.7 Å². The molecule has 1 N–H and O–H groups in total. The number of aromatic nitrogens is 4. The zero-order valence-corrected chi connectivity index (χ0v) is 16.2. The first kappa shape index (κ1) is 18.0. The normalized spacial score (nSPS) is 10.9. The molecule has 0 aliphatic heterocycles. The summed E-state index contributed by atoms with van der Waals surface area (Å²) in [6, 6.07) is 13.2. The summed E-state index contributed by atoms with van der Waals surface area (Å²) >= 11 is 1.29. The van der Waals surface area contributed by atoms with E-state index in [2.05, 4.69) is 26.6 Å². The molecule has 4 rings (SSSR count). The Morgan fingerprint density at radius 3 is 2.64 bits per heavy atom. The van der Waals surface area contributed by atoms with Gasteiger partial charge in [0.25, 0.3) is 5.56 Å². The van der Waals surface area contributed by atoms with Crippen molar-refractivity contribution in [3.8, 4) is 10.6 Å². The number of nitrogens with one attached hydrogen (secondary N) is 1. The summed E-state index contributed by atoms with van der Waals surface area (Å²) < 4.78 is 1.28. The maximum atomic E-state index is 12.5. The quantitative estimate of drug-likeness (QED) is 0.577. The Labute approximate surface area is 164 Å². The largest absolute Gasteiger partial charge is 0.299 e. The Morgan fingerprint density at radius 1 is 1.11 bits per heavy atom. The van der Waals surface area contributed by atoms with Crippen LogP contribution >= 0.6 is 11.3 Å². The van der Waals surface area contributed by atoms with E-state index in [0.29, 0.717) is 16.0 Å². The molecule has 0 fully saturated rings. The van der Waals surface area contributed by atoms with Crippen molar-refractivity contribution in [3.05, 3.63) is 70.3 Å². The highest BCUT2D eigenvalue weighted by molar-refractivity contribution is 7.18. The number of carbonyl (C=O) groups excluding carboxylic acids is 1. The molecule has 1 amide bonds. The van der Waals surface area contributed by atoms with Gasteiger partial charge in [-0.25, -0.2) is 4.98 Å². The van der Waals surface area contributed by atoms with E-state index in [1.165, 1.54) is 22.2 Å². The molecule has 0 unspecified atom stereocenters. The maximum absolute atomic E-state index is 12.5. The third kappa shape index (κ3) is 3.67. The first-order valence-corrected chi connectivity index (χ1v) is 9.47. The number of benzene rings is 2. The number of fused-ring (bicyclic) bond motifs is 1. The van der Waals surface area contributed by atoms with E-state index in [0.717, 1.165) is 21.7 Å². The van der Waals surface area contributed by atoms with Crippen molar-refractivity contribution in [2.75, 3.05) is 5.32 Å². The van der Waals surface area contributed by atoms with Gasteiger partial charge < -0.3 is 0 Å². The fourth-order valence-electron chi connectivity index (χ4n) is 3.02. The second kappa shape index (κ2) is 7.32. The molecule has 2 aromatic carbocycles. The molecule has 0 spiro atoms. The number of rotatable bonds is 4. The first-order valence-electron chi connectivity index (χ1n) is 8.66. The van der Waals surface area contributed by atoms with Gasteiger partial charge >= 0.3 is 0 Å². The molecule has 4 aromatic rings. The van der Waals surface area contributed by atoms with Gasteiger partial charge in [-0.3, -0.25) is 19.5 Å². The van der Waals surface area contributed by atoms with Crippen LogP contribution < -0.4 is 10.9 Å². The van der Waals surface area contributed by atoms with Gasteiger partial charge in [0.2, 0.25) is 11.0 Å². The highest BCUT2D eigenvalue weighted by Crippen LogP contribution is 2.27. The summed E-state index contributed by atoms with van der Waals surface area (Å²) in [5, 5.41) is 12.5. The summed E-state index contributed by atoms with van der Waals surface area (Å²) in [6.45, 7) is 3.90. The number of anilines is 1. The Kier molecular flexibility index (Phi) is 4.70. The summed E-state index contributed by atoms with van der Waals surface area (Å²) in [4.78, 5) is 29.1. The molecule has 8 heteroatoms. The highest BCUT2D eigenvalue weighted by Gasteiger charge is 2.12. The number of para-hydroxylation sites is 1. The van der Waals surface area contributed by atoms with Gasteiger partial charge in [-0.15, -0.1) is 10.2 Å². The average molecular weight is 391 g/mol. The topological polar surface area (TPSA) is 89.8 Å². The predicted molar refractivity (Wildman–Crippen MR) is 109 cm³/mol. The highest BCUT2D eigenvalue weighted by atomic mass is 32.1. The molecule has 0 saturated carbocycles. The van der Waals surface area contributed by atoms with Crippen LogP contribution in [0.25, 0.3) is 21.5 Å². The minimum Gasteiger partial charge on any atom is -0.299 e. The van der Waals surface area contributed by atoms with Crippen molar-refractivity contribution in [1.82, 2.24) is 19.7 Å². The van der Waals surface area contributed by atoms with Crippen molar-refractivity contribution < 1.29 is 4.79 Å². The molecule has 28 heavy (non-hydrogen) atoms. The smallest absolute Gasteiger partial charge is 0.261 e. The average Bonchev–Trinajstić information content (AvgIpc) is 3.12. The number of hydrogen-bond acceptors (Lipinski definition) is 6. The fourth-order valence-corrected chi connectivity index (χ4v) is 3.77. The van der Waals surface area contributed by atoms with Gasteiger partial charge in [-0.05, 0) is 38.1 Å². The van der Waals surface area contributed by atoms with Crippen molar-refractivity contribution in [1.29, 1.82) is 0 Å². The van der Waals surface area contributed by atoms with E-state index < -0.39 is 0 Å². The fraction of sp³-hybridized carbons (Fsp3) is 0.150.